The van der Waals surface area contributed by atoms with E-state index in [-0.39, 0.29) is 24.1 Å². The van der Waals surface area contributed by atoms with Crippen LogP contribution in [0.2, 0.25) is 0 Å². The number of nitrogens with one attached hydrogen (secondary N) is 1. The molecule has 1 amide bonds. The second kappa shape index (κ2) is 9.52. The van der Waals surface area contributed by atoms with Gasteiger partial charge >= 0.3 is 6.61 Å². The molecule has 0 fully saturated rings. The molecule has 0 saturated carbocycles. The first-order chi connectivity index (χ1) is 9.38. The minimum absolute atomic E-state index is 0. The maximum atomic E-state index is 12.0. The van der Waals surface area contributed by atoms with Crippen molar-refractivity contribution in [1.82, 2.24) is 5.32 Å². The predicted molar refractivity (Wildman–Crippen MR) is 79.6 cm³/mol. The van der Waals surface area contributed by atoms with E-state index < -0.39 is 12.7 Å². The SMILES string of the molecule is CC(C)C[C@H](N)C(=O)NCc1ccc(OC(F)F)cc1.Cl. The van der Waals surface area contributed by atoms with Gasteiger partial charge in [0.15, 0.2) is 0 Å². The first-order valence-electron chi connectivity index (χ1n) is 6.45. The van der Waals surface area contributed by atoms with E-state index in [0.29, 0.717) is 18.9 Å². The van der Waals surface area contributed by atoms with Crippen LogP contribution in [0.4, 0.5) is 8.78 Å². The molecule has 0 radical (unpaired) electrons. The summed E-state index contributed by atoms with van der Waals surface area (Å²) >= 11 is 0. The molecule has 0 aromatic heterocycles. The number of alkyl halides is 2. The first-order valence-corrected chi connectivity index (χ1v) is 6.45. The van der Waals surface area contributed by atoms with Crippen molar-refractivity contribution in [3.05, 3.63) is 29.8 Å². The normalized spacial score (nSPS) is 12.0. The van der Waals surface area contributed by atoms with Crippen molar-refractivity contribution in [2.75, 3.05) is 0 Å². The van der Waals surface area contributed by atoms with Crippen LogP contribution in [0, 0.1) is 5.92 Å². The van der Waals surface area contributed by atoms with Gasteiger partial charge in [-0.05, 0) is 30.0 Å². The Balaban J connectivity index is 0.00000400. The number of ether oxygens (including phenoxy) is 1. The van der Waals surface area contributed by atoms with Crippen molar-refractivity contribution >= 4 is 18.3 Å². The summed E-state index contributed by atoms with van der Waals surface area (Å²) in [6.07, 6.45) is 0.618. The van der Waals surface area contributed by atoms with Gasteiger partial charge in [0.2, 0.25) is 5.91 Å². The molecule has 0 aliphatic heterocycles. The molecular weight excluding hydrogens is 302 g/mol. The van der Waals surface area contributed by atoms with E-state index in [4.69, 9.17) is 5.73 Å². The van der Waals surface area contributed by atoms with E-state index in [0.717, 1.165) is 5.56 Å². The fraction of sp³-hybridized carbons (Fsp3) is 0.500. The van der Waals surface area contributed by atoms with Gasteiger partial charge in [0.05, 0.1) is 6.04 Å². The van der Waals surface area contributed by atoms with Crippen LogP contribution in [0.25, 0.3) is 0 Å². The van der Waals surface area contributed by atoms with E-state index in [2.05, 4.69) is 10.1 Å². The lowest BCUT2D eigenvalue weighted by atomic mass is 10.0. The molecule has 1 aromatic rings. The smallest absolute Gasteiger partial charge is 0.387 e. The molecule has 21 heavy (non-hydrogen) atoms. The Hall–Kier alpha value is -1.40. The number of carbonyl (C=O) groups excluding carboxylic acids is 1. The molecule has 1 aromatic carbocycles. The molecule has 7 heteroatoms. The third-order valence-electron chi connectivity index (χ3n) is 2.68. The van der Waals surface area contributed by atoms with Crippen molar-refractivity contribution in [3.63, 3.8) is 0 Å². The fourth-order valence-corrected chi connectivity index (χ4v) is 1.72. The summed E-state index contributed by atoms with van der Waals surface area (Å²) < 4.78 is 28.2. The number of nitrogens with two attached hydrogens (primary N) is 1. The second-order valence-electron chi connectivity index (χ2n) is 4.98. The highest BCUT2D eigenvalue weighted by Crippen LogP contribution is 2.14. The van der Waals surface area contributed by atoms with Crippen LogP contribution in [-0.4, -0.2) is 18.6 Å². The number of amides is 1. The number of rotatable bonds is 7. The largest absolute Gasteiger partial charge is 0.435 e. The Kier molecular flexibility index (Phi) is 8.89. The van der Waals surface area contributed by atoms with Gasteiger partial charge in [-0.25, -0.2) is 0 Å². The quantitative estimate of drug-likeness (QED) is 0.811. The summed E-state index contributed by atoms with van der Waals surface area (Å²) in [4.78, 5) is 11.7. The van der Waals surface area contributed by atoms with Gasteiger partial charge in [0.1, 0.15) is 5.75 Å². The van der Waals surface area contributed by atoms with Crippen molar-refractivity contribution < 1.29 is 18.3 Å². The molecule has 3 N–H and O–H groups in total. The topological polar surface area (TPSA) is 64.4 Å². The molecule has 0 aliphatic rings. The van der Waals surface area contributed by atoms with Crippen LogP contribution in [0.1, 0.15) is 25.8 Å². The van der Waals surface area contributed by atoms with Gasteiger partial charge in [-0.1, -0.05) is 26.0 Å². The molecular formula is C14H21ClF2N2O2. The zero-order valence-electron chi connectivity index (χ0n) is 12.0. The first kappa shape index (κ1) is 19.6. The van der Waals surface area contributed by atoms with Gasteiger partial charge < -0.3 is 15.8 Å². The Morgan fingerprint density at radius 2 is 1.86 bits per heavy atom. The molecule has 0 bridgehead atoms. The summed E-state index contributed by atoms with van der Waals surface area (Å²) in [5.41, 5.74) is 6.53. The lowest BCUT2D eigenvalue weighted by molar-refractivity contribution is -0.122. The van der Waals surface area contributed by atoms with Crippen LogP contribution in [0.5, 0.6) is 5.75 Å². The van der Waals surface area contributed by atoms with Crippen LogP contribution in [0.15, 0.2) is 24.3 Å². The summed E-state index contributed by atoms with van der Waals surface area (Å²) in [5, 5.41) is 2.71. The number of carbonyl (C=O) groups is 1. The van der Waals surface area contributed by atoms with E-state index in [1.165, 1.54) is 12.1 Å². The zero-order chi connectivity index (χ0) is 15.1. The number of benzene rings is 1. The molecule has 120 valence electrons. The van der Waals surface area contributed by atoms with Gasteiger partial charge in [-0.2, -0.15) is 8.78 Å². The van der Waals surface area contributed by atoms with Crippen molar-refractivity contribution in [1.29, 1.82) is 0 Å². The van der Waals surface area contributed by atoms with Crippen molar-refractivity contribution in [3.8, 4) is 5.75 Å². The second-order valence-corrected chi connectivity index (χ2v) is 4.98. The van der Waals surface area contributed by atoms with Crippen molar-refractivity contribution in [2.45, 2.75) is 39.5 Å². The van der Waals surface area contributed by atoms with E-state index in [9.17, 15) is 13.6 Å². The number of hydrogen-bond acceptors (Lipinski definition) is 3. The summed E-state index contributed by atoms with van der Waals surface area (Å²) in [6.45, 7) is 1.46. The lowest BCUT2D eigenvalue weighted by Crippen LogP contribution is -2.40. The predicted octanol–water partition coefficient (Wildman–Crippen LogP) is 2.70. The highest BCUT2D eigenvalue weighted by molar-refractivity contribution is 5.85. The molecule has 0 unspecified atom stereocenters. The fourth-order valence-electron chi connectivity index (χ4n) is 1.72. The van der Waals surface area contributed by atoms with Crippen LogP contribution >= 0.6 is 12.4 Å². The van der Waals surface area contributed by atoms with Crippen LogP contribution in [0.3, 0.4) is 0 Å². The monoisotopic (exact) mass is 322 g/mol. The third kappa shape index (κ3) is 7.82. The van der Waals surface area contributed by atoms with Gasteiger partial charge in [0, 0.05) is 6.54 Å². The number of halogens is 3. The van der Waals surface area contributed by atoms with E-state index >= 15 is 0 Å². The Labute approximate surface area is 129 Å². The van der Waals surface area contributed by atoms with E-state index in [1.807, 2.05) is 13.8 Å². The lowest BCUT2D eigenvalue weighted by Gasteiger charge is -2.14. The van der Waals surface area contributed by atoms with E-state index in [1.54, 1.807) is 12.1 Å². The molecule has 0 spiro atoms. The van der Waals surface area contributed by atoms with Crippen LogP contribution < -0.4 is 15.8 Å². The maximum absolute atomic E-state index is 12.0. The Bertz CT molecular complexity index is 427. The summed E-state index contributed by atoms with van der Waals surface area (Å²) in [5.74, 6) is 0.222. The third-order valence-corrected chi connectivity index (χ3v) is 2.68. The van der Waals surface area contributed by atoms with Crippen molar-refractivity contribution in [2.24, 2.45) is 11.7 Å². The molecule has 0 aliphatic carbocycles. The Morgan fingerprint density at radius 1 is 1.29 bits per heavy atom. The standard InChI is InChI=1S/C14H20F2N2O2.ClH/c1-9(2)7-12(17)13(19)18-8-10-3-5-11(6-4-10)20-14(15)16;/h3-6,9,12,14H,7-8,17H2,1-2H3,(H,18,19);1H/t12-;/m0./s1. The van der Waals surface area contributed by atoms with Gasteiger partial charge in [-0.15, -0.1) is 12.4 Å². The molecule has 1 atom stereocenters. The Morgan fingerprint density at radius 3 is 2.33 bits per heavy atom. The molecule has 0 heterocycles. The van der Waals surface area contributed by atoms with Gasteiger partial charge in [0.25, 0.3) is 0 Å². The minimum Gasteiger partial charge on any atom is -0.435 e. The van der Waals surface area contributed by atoms with Gasteiger partial charge in [-0.3, -0.25) is 4.79 Å². The molecule has 4 nitrogen and oxygen atoms in total. The summed E-state index contributed by atoms with van der Waals surface area (Å²) in [6, 6.07) is 5.57. The minimum atomic E-state index is -2.84. The summed E-state index contributed by atoms with van der Waals surface area (Å²) in [7, 11) is 0. The molecule has 0 saturated heterocycles. The van der Waals surface area contributed by atoms with Crippen LogP contribution in [-0.2, 0) is 11.3 Å². The average Bonchev–Trinajstić information content (AvgIpc) is 2.36. The maximum Gasteiger partial charge on any atom is 0.387 e. The highest BCUT2D eigenvalue weighted by atomic mass is 35.5. The number of hydrogen-bond donors (Lipinski definition) is 2. The molecule has 1 rings (SSSR count). The highest BCUT2D eigenvalue weighted by Gasteiger charge is 2.14. The average molecular weight is 323 g/mol. The zero-order valence-corrected chi connectivity index (χ0v) is 12.8.